The molecule has 0 aromatic carbocycles. The van der Waals surface area contributed by atoms with Gasteiger partial charge in [0, 0.05) is 13.1 Å². The summed E-state index contributed by atoms with van der Waals surface area (Å²) in [7, 11) is 0. The summed E-state index contributed by atoms with van der Waals surface area (Å²) in [5.74, 6) is 2.91. The fraction of sp³-hybridized carbons (Fsp3) is 0.969. The van der Waals surface area contributed by atoms with E-state index in [1.807, 2.05) is 4.90 Å². The average molecular weight is 518 g/mol. The van der Waals surface area contributed by atoms with E-state index in [2.05, 4.69) is 34.6 Å². The number of likely N-dealkylation sites (tertiary alicyclic amines) is 1. The lowest BCUT2D eigenvalue weighted by atomic mass is 9.40. The number of fused-ring (bicyclic) bond motifs is 5. The highest BCUT2D eigenvalue weighted by atomic mass is 16.6. The molecule has 1 heterocycles. The summed E-state index contributed by atoms with van der Waals surface area (Å²) in [5.41, 5.74) is 0.759. The molecule has 4 aliphatic carbocycles. The van der Waals surface area contributed by atoms with Crippen molar-refractivity contribution < 1.29 is 19.7 Å². The summed E-state index contributed by atoms with van der Waals surface area (Å²) in [4.78, 5) is 14.1. The van der Waals surface area contributed by atoms with Crippen molar-refractivity contribution in [3.05, 3.63) is 0 Å². The molecule has 5 rings (SSSR count). The third kappa shape index (κ3) is 4.37. The molecule has 0 bridgehead atoms. The lowest BCUT2D eigenvalue weighted by Crippen LogP contribution is -2.62. The van der Waals surface area contributed by atoms with Gasteiger partial charge in [-0.1, -0.05) is 41.0 Å². The first kappa shape index (κ1) is 27.7. The van der Waals surface area contributed by atoms with Crippen molar-refractivity contribution in [3.8, 4) is 0 Å². The topological polar surface area (TPSA) is 70.0 Å². The molecule has 212 valence electrons. The van der Waals surface area contributed by atoms with E-state index in [1.54, 1.807) is 0 Å². The second-order valence-electron chi connectivity index (χ2n) is 14.7. The molecule has 1 unspecified atom stereocenters. The van der Waals surface area contributed by atoms with E-state index in [1.165, 1.54) is 25.7 Å². The summed E-state index contributed by atoms with van der Waals surface area (Å²) in [6, 6.07) is 0. The molecule has 1 aliphatic heterocycles. The Morgan fingerprint density at radius 2 is 1.70 bits per heavy atom. The third-order valence-corrected chi connectivity index (χ3v) is 13.5. The standard InChI is InChI=1S/C32H55NO4/c1-6-23-26-20-22(34)11-14-30(26,3)24-12-16-32(5)25(27(24)28(23)35)13-15-31(32,4)21(2)10-9-19-37-29(36)33-17-7-8-18-33/h21-28,34-35H,6-20H2,1-5H3/t21-,22-,23-,24+,25+,26+,27-,28-,30-,31?,32+/m1/s1. The Balaban J connectivity index is 1.28. The van der Waals surface area contributed by atoms with Gasteiger partial charge in [0.05, 0.1) is 18.8 Å². The van der Waals surface area contributed by atoms with Gasteiger partial charge < -0.3 is 19.8 Å². The number of carbonyl (C=O) groups excluding carboxylic acids is 1. The van der Waals surface area contributed by atoms with Crippen LogP contribution in [-0.4, -0.2) is 53.1 Å². The molecule has 5 heteroatoms. The minimum absolute atomic E-state index is 0.124. The summed E-state index contributed by atoms with van der Waals surface area (Å²) < 4.78 is 5.62. The molecule has 4 saturated carbocycles. The second kappa shape index (κ2) is 10.3. The van der Waals surface area contributed by atoms with Crippen LogP contribution in [0, 0.1) is 51.8 Å². The van der Waals surface area contributed by atoms with Crippen LogP contribution < -0.4 is 0 Å². The Morgan fingerprint density at radius 3 is 2.41 bits per heavy atom. The van der Waals surface area contributed by atoms with Crippen LogP contribution >= 0.6 is 0 Å². The van der Waals surface area contributed by atoms with Crippen LogP contribution in [0.2, 0.25) is 0 Å². The Hall–Kier alpha value is -0.810. The maximum atomic E-state index is 12.3. The van der Waals surface area contributed by atoms with Crippen LogP contribution in [0.3, 0.4) is 0 Å². The van der Waals surface area contributed by atoms with E-state index < -0.39 is 0 Å². The van der Waals surface area contributed by atoms with Crippen molar-refractivity contribution in [2.24, 2.45) is 51.8 Å². The molecule has 1 amide bonds. The SMILES string of the molecule is CC[C@H]1[C@@H](O)[C@@H]2[C@H](CC[C@@]3(C)[C@H]2CCC3(C)[C@H](C)CCCOC(=O)N2CCCC2)[C@@]2(C)CC[C@@H](O)C[C@@H]12. The van der Waals surface area contributed by atoms with Crippen molar-refractivity contribution >= 4 is 6.09 Å². The monoisotopic (exact) mass is 517 g/mol. The maximum Gasteiger partial charge on any atom is 0.409 e. The number of hydrogen-bond donors (Lipinski definition) is 2. The van der Waals surface area contributed by atoms with Crippen molar-refractivity contribution in [3.63, 3.8) is 0 Å². The molecule has 5 nitrogen and oxygen atoms in total. The van der Waals surface area contributed by atoms with Crippen LogP contribution in [0.15, 0.2) is 0 Å². The van der Waals surface area contributed by atoms with Crippen LogP contribution in [0.25, 0.3) is 0 Å². The van der Waals surface area contributed by atoms with Crippen LogP contribution in [-0.2, 0) is 4.74 Å². The smallest absolute Gasteiger partial charge is 0.409 e. The summed E-state index contributed by atoms with van der Waals surface area (Å²) in [6.07, 6.45) is 12.6. The van der Waals surface area contributed by atoms with Gasteiger partial charge in [-0.3, -0.25) is 0 Å². The number of rotatable bonds is 6. The molecule has 0 aromatic rings. The number of ether oxygens (including phenoxy) is 1. The summed E-state index contributed by atoms with van der Waals surface area (Å²) in [5, 5.41) is 22.5. The second-order valence-corrected chi connectivity index (χ2v) is 14.7. The molecule has 37 heavy (non-hydrogen) atoms. The molecule has 0 radical (unpaired) electrons. The van der Waals surface area contributed by atoms with Gasteiger partial charge in [0.2, 0.25) is 0 Å². The van der Waals surface area contributed by atoms with E-state index in [-0.39, 0.29) is 34.5 Å². The van der Waals surface area contributed by atoms with Gasteiger partial charge in [0.1, 0.15) is 0 Å². The van der Waals surface area contributed by atoms with Crippen LogP contribution in [0.5, 0.6) is 0 Å². The first-order valence-electron chi connectivity index (χ1n) is 15.8. The van der Waals surface area contributed by atoms with Gasteiger partial charge in [-0.2, -0.15) is 0 Å². The highest BCUT2D eigenvalue weighted by Crippen LogP contribution is 2.72. The van der Waals surface area contributed by atoms with Crippen molar-refractivity contribution in [2.45, 2.75) is 124 Å². The summed E-state index contributed by atoms with van der Waals surface area (Å²) >= 11 is 0. The number of aliphatic hydroxyl groups is 2. The zero-order valence-electron chi connectivity index (χ0n) is 24.4. The van der Waals surface area contributed by atoms with Gasteiger partial charge in [-0.15, -0.1) is 0 Å². The predicted octanol–water partition coefficient (Wildman–Crippen LogP) is 6.65. The molecule has 0 aromatic heterocycles. The molecule has 0 spiro atoms. The molecular weight excluding hydrogens is 462 g/mol. The fourth-order valence-electron chi connectivity index (χ4n) is 10.9. The van der Waals surface area contributed by atoms with Gasteiger partial charge in [-0.05, 0) is 122 Å². The van der Waals surface area contributed by atoms with Gasteiger partial charge in [0.25, 0.3) is 0 Å². The van der Waals surface area contributed by atoms with Gasteiger partial charge >= 0.3 is 6.09 Å². The number of carbonyl (C=O) groups is 1. The van der Waals surface area contributed by atoms with Crippen molar-refractivity contribution in [1.82, 2.24) is 4.90 Å². The number of amides is 1. The molecule has 5 fully saturated rings. The minimum atomic E-state index is -0.231. The van der Waals surface area contributed by atoms with Crippen LogP contribution in [0.1, 0.15) is 112 Å². The Morgan fingerprint density at radius 1 is 1.00 bits per heavy atom. The largest absolute Gasteiger partial charge is 0.449 e. The van der Waals surface area contributed by atoms with E-state index in [9.17, 15) is 15.0 Å². The maximum absolute atomic E-state index is 12.3. The van der Waals surface area contributed by atoms with E-state index in [0.29, 0.717) is 42.1 Å². The van der Waals surface area contributed by atoms with Crippen molar-refractivity contribution in [1.29, 1.82) is 0 Å². The first-order chi connectivity index (χ1) is 17.6. The highest BCUT2D eigenvalue weighted by Gasteiger charge is 2.67. The van der Waals surface area contributed by atoms with Crippen molar-refractivity contribution in [2.75, 3.05) is 19.7 Å². The Kier molecular flexibility index (Phi) is 7.73. The zero-order chi connectivity index (χ0) is 26.6. The van der Waals surface area contributed by atoms with E-state index >= 15 is 0 Å². The summed E-state index contributed by atoms with van der Waals surface area (Å²) in [6.45, 7) is 14.6. The molecule has 5 aliphatic rings. The van der Waals surface area contributed by atoms with Gasteiger partial charge in [-0.25, -0.2) is 4.79 Å². The Bertz CT molecular complexity index is 828. The number of aliphatic hydroxyl groups excluding tert-OH is 2. The normalized spacial score (nSPS) is 48.2. The molecule has 11 atom stereocenters. The number of nitrogens with zero attached hydrogens (tertiary/aromatic N) is 1. The number of hydrogen-bond acceptors (Lipinski definition) is 4. The molecule has 2 N–H and O–H groups in total. The third-order valence-electron chi connectivity index (χ3n) is 13.5. The highest BCUT2D eigenvalue weighted by molar-refractivity contribution is 5.67. The molecular formula is C32H55NO4. The van der Waals surface area contributed by atoms with E-state index in [0.717, 1.165) is 64.5 Å². The minimum Gasteiger partial charge on any atom is -0.449 e. The Labute approximate surface area is 226 Å². The zero-order valence-corrected chi connectivity index (χ0v) is 24.4. The van der Waals surface area contributed by atoms with Crippen LogP contribution in [0.4, 0.5) is 4.79 Å². The molecule has 1 saturated heterocycles. The lowest BCUT2D eigenvalue weighted by molar-refractivity contribution is -0.209. The lowest BCUT2D eigenvalue weighted by Gasteiger charge is -2.65. The fourth-order valence-corrected chi connectivity index (χ4v) is 10.9. The first-order valence-corrected chi connectivity index (χ1v) is 15.8. The average Bonchev–Trinajstić information content (AvgIpc) is 3.50. The quantitative estimate of drug-likeness (QED) is 0.387. The van der Waals surface area contributed by atoms with Gasteiger partial charge in [0.15, 0.2) is 0 Å². The predicted molar refractivity (Wildman–Crippen MR) is 147 cm³/mol. The van der Waals surface area contributed by atoms with E-state index in [4.69, 9.17) is 4.74 Å².